The molecule has 1 N–H and O–H groups in total. The zero-order chi connectivity index (χ0) is 22.2. The molecule has 0 bridgehead atoms. The molecule has 1 aliphatic rings. The van der Waals surface area contributed by atoms with Crippen LogP contribution >= 0.6 is 0 Å². The number of benzene rings is 2. The van der Waals surface area contributed by atoms with Crippen LogP contribution in [0.5, 0.6) is 5.75 Å². The van der Waals surface area contributed by atoms with E-state index < -0.39 is 0 Å². The molecule has 1 heterocycles. The fourth-order valence-corrected chi connectivity index (χ4v) is 4.08. The fraction of sp³-hybridized carbons (Fsp3) is 0.440. The number of nitrogens with one attached hydrogen (secondary N) is 1. The van der Waals surface area contributed by atoms with Gasteiger partial charge in [0.2, 0.25) is 5.91 Å². The summed E-state index contributed by atoms with van der Waals surface area (Å²) in [4.78, 5) is 29.5. The van der Waals surface area contributed by atoms with Crippen molar-refractivity contribution in [1.82, 2.24) is 10.2 Å². The molecule has 0 atom stereocenters. The third kappa shape index (κ3) is 5.78. The van der Waals surface area contributed by atoms with Crippen LogP contribution in [-0.2, 0) is 11.2 Å². The largest absolute Gasteiger partial charge is 0.496 e. The van der Waals surface area contributed by atoms with Crippen LogP contribution in [0.3, 0.4) is 0 Å². The molecule has 3 rings (SSSR count). The van der Waals surface area contributed by atoms with Crippen molar-refractivity contribution in [3.63, 3.8) is 0 Å². The number of hydrogen-bond donors (Lipinski definition) is 1. The second-order valence-electron chi connectivity index (χ2n) is 7.84. The van der Waals surface area contributed by atoms with Crippen LogP contribution in [0.1, 0.15) is 42.6 Å². The predicted octanol–water partition coefficient (Wildman–Crippen LogP) is 3.50. The number of hydrogen-bond acceptors (Lipinski definition) is 4. The van der Waals surface area contributed by atoms with E-state index >= 15 is 0 Å². The standard InChI is InChI=1S/C25H33N3O3/c1-4-27(5-2)22-12-10-19(11-13-22)25(30)26-21-14-16-28(17-15-21)24(29)18-20-8-6-7-9-23(20)31-3/h6-13,21H,4-5,14-18H2,1-3H3,(H,26,30). The fourth-order valence-electron chi connectivity index (χ4n) is 4.08. The second-order valence-corrected chi connectivity index (χ2v) is 7.84. The second kappa shape index (κ2) is 10.8. The van der Waals surface area contributed by atoms with Gasteiger partial charge in [-0.3, -0.25) is 9.59 Å². The van der Waals surface area contributed by atoms with E-state index in [1.165, 1.54) is 0 Å². The molecule has 0 unspecified atom stereocenters. The molecule has 6 nitrogen and oxygen atoms in total. The van der Waals surface area contributed by atoms with E-state index in [9.17, 15) is 9.59 Å². The molecule has 0 saturated carbocycles. The molecule has 2 aromatic rings. The van der Waals surface area contributed by atoms with E-state index in [1.54, 1.807) is 7.11 Å². The average Bonchev–Trinajstić information content (AvgIpc) is 2.81. The Morgan fingerprint density at radius 1 is 1.03 bits per heavy atom. The predicted molar refractivity (Wildman–Crippen MR) is 124 cm³/mol. The monoisotopic (exact) mass is 423 g/mol. The quantitative estimate of drug-likeness (QED) is 0.706. The van der Waals surface area contributed by atoms with Crippen LogP contribution in [0.15, 0.2) is 48.5 Å². The number of nitrogens with zero attached hydrogens (tertiary/aromatic N) is 2. The van der Waals surface area contributed by atoms with Crippen LogP contribution < -0.4 is 15.0 Å². The number of methoxy groups -OCH3 is 1. The lowest BCUT2D eigenvalue weighted by molar-refractivity contribution is -0.131. The Morgan fingerprint density at radius 3 is 2.29 bits per heavy atom. The van der Waals surface area contributed by atoms with Gasteiger partial charge >= 0.3 is 0 Å². The Hall–Kier alpha value is -3.02. The van der Waals surface area contributed by atoms with Crippen molar-refractivity contribution >= 4 is 17.5 Å². The van der Waals surface area contributed by atoms with Gasteiger partial charge < -0.3 is 19.9 Å². The maximum absolute atomic E-state index is 12.7. The van der Waals surface area contributed by atoms with Gasteiger partial charge in [0.15, 0.2) is 0 Å². The molecule has 1 saturated heterocycles. The molecule has 166 valence electrons. The summed E-state index contributed by atoms with van der Waals surface area (Å²) in [5.41, 5.74) is 2.70. The van der Waals surface area contributed by atoms with Crippen LogP contribution in [-0.4, -0.2) is 56.0 Å². The first-order chi connectivity index (χ1) is 15.0. The van der Waals surface area contributed by atoms with Crippen LogP contribution in [0.2, 0.25) is 0 Å². The topological polar surface area (TPSA) is 61.9 Å². The first kappa shape index (κ1) is 22.7. The number of rotatable bonds is 8. The molecule has 0 aliphatic carbocycles. The summed E-state index contributed by atoms with van der Waals surface area (Å²) in [5.74, 6) is 0.788. The van der Waals surface area contributed by atoms with Gasteiger partial charge in [-0.2, -0.15) is 0 Å². The van der Waals surface area contributed by atoms with E-state index in [1.807, 2.05) is 53.4 Å². The molecule has 0 aromatic heterocycles. The third-order valence-corrected chi connectivity index (χ3v) is 5.98. The molecule has 1 aliphatic heterocycles. The van der Waals surface area contributed by atoms with Crippen LogP contribution in [0.4, 0.5) is 5.69 Å². The van der Waals surface area contributed by atoms with Gasteiger partial charge in [-0.1, -0.05) is 18.2 Å². The van der Waals surface area contributed by atoms with E-state index in [4.69, 9.17) is 4.74 Å². The number of piperidine rings is 1. The minimum atomic E-state index is -0.0510. The lowest BCUT2D eigenvalue weighted by Crippen LogP contribution is -2.47. The Morgan fingerprint density at radius 2 is 1.68 bits per heavy atom. The van der Waals surface area contributed by atoms with Gasteiger partial charge in [0.25, 0.3) is 5.91 Å². The third-order valence-electron chi connectivity index (χ3n) is 5.98. The first-order valence-electron chi connectivity index (χ1n) is 11.1. The van der Waals surface area contributed by atoms with Gasteiger partial charge in [0.05, 0.1) is 13.5 Å². The maximum atomic E-state index is 12.7. The number of anilines is 1. The summed E-state index contributed by atoms with van der Waals surface area (Å²) in [6.45, 7) is 7.43. The van der Waals surface area contributed by atoms with Crippen molar-refractivity contribution in [3.05, 3.63) is 59.7 Å². The maximum Gasteiger partial charge on any atom is 0.251 e. The Bertz CT molecular complexity index is 870. The zero-order valence-corrected chi connectivity index (χ0v) is 18.8. The van der Waals surface area contributed by atoms with Gasteiger partial charge in [-0.05, 0) is 57.0 Å². The number of para-hydroxylation sites is 1. The molecule has 6 heteroatoms. The van der Waals surface area contributed by atoms with Crippen molar-refractivity contribution in [3.8, 4) is 5.75 Å². The Kier molecular flexibility index (Phi) is 7.93. The molecule has 0 spiro atoms. The number of carbonyl (C=O) groups is 2. The summed E-state index contributed by atoms with van der Waals surface area (Å²) >= 11 is 0. The van der Waals surface area contributed by atoms with Crippen LogP contribution in [0.25, 0.3) is 0 Å². The molecule has 1 fully saturated rings. The normalized spacial score (nSPS) is 14.2. The lowest BCUT2D eigenvalue weighted by Gasteiger charge is -2.32. The van der Waals surface area contributed by atoms with Crippen LogP contribution in [0, 0.1) is 0 Å². The van der Waals surface area contributed by atoms with E-state index in [2.05, 4.69) is 24.1 Å². The van der Waals surface area contributed by atoms with Gasteiger partial charge in [0.1, 0.15) is 5.75 Å². The van der Waals surface area contributed by atoms with Gasteiger partial charge in [-0.25, -0.2) is 0 Å². The van der Waals surface area contributed by atoms with Gasteiger partial charge in [-0.15, -0.1) is 0 Å². The summed E-state index contributed by atoms with van der Waals surface area (Å²) in [7, 11) is 1.62. The smallest absolute Gasteiger partial charge is 0.251 e. The number of ether oxygens (including phenoxy) is 1. The highest BCUT2D eigenvalue weighted by Gasteiger charge is 2.24. The first-order valence-corrected chi connectivity index (χ1v) is 11.1. The van der Waals surface area contributed by atoms with Crippen molar-refractivity contribution in [1.29, 1.82) is 0 Å². The molecular formula is C25H33N3O3. The summed E-state index contributed by atoms with van der Waals surface area (Å²) < 4.78 is 5.35. The molecular weight excluding hydrogens is 390 g/mol. The van der Waals surface area contributed by atoms with Crippen molar-refractivity contribution in [2.45, 2.75) is 39.2 Å². The van der Waals surface area contributed by atoms with Crippen molar-refractivity contribution in [2.24, 2.45) is 0 Å². The lowest BCUT2D eigenvalue weighted by atomic mass is 10.0. The highest BCUT2D eigenvalue weighted by atomic mass is 16.5. The summed E-state index contributed by atoms with van der Waals surface area (Å²) in [5, 5.41) is 3.13. The summed E-state index contributed by atoms with van der Waals surface area (Å²) in [6, 6.07) is 15.5. The van der Waals surface area contributed by atoms with E-state index in [0.29, 0.717) is 25.1 Å². The average molecular weight is 424 g/mol. The van der Waals surface area contributed by atoms with E-state index in [0.717, 1.165) is 42.9 Å². The molecule has 2 aromatic carbocycles. The summed E-state index contributed by atoms with van der Waals surface area (Å²) in [6.07, 6.45) is 1.86. The number of likely N-dealkylation sites (tertiary alicyclic amines) is 1. The highest BCUT2D eigenvalue weighted by molar-refractivity contribution is 5.94. The minimum absolute atomic E-state index is 0.0510. The van der Waals surface area contributed by atoms with Crippen molar-refractivity contribution < 1.29 is 14.3 Å². The Balaban J connectivity index is 1.49. The number of amides is 2. The van der Waals surface area contributed by atoms with E-state index in [-0.39, 0.29) is 17.9 Å². The SMILES string of the molecule is CCN(CC)c1ccc(C(=O)NC2CCN(C(=O)Cc3ccccc3OC)CC2)cc1. The zero-order valence-electron chi connectivity index (χ0n) is 18.8. The van der Waals surface area contributed by atoms with Gasteiger partial charge in [0, 0.05) is 49.0 Å². The molecule has 31 heavy (non-hydrogen) atoms. The van der Waals surface area contributed by atoms with Crippen molar-refractivity contribution in [2.75, 3.05) is 38.2 Å². The number of carbonyl (C=O) groups excluding carboxylic acids is 2. The Labute approximate surface area is 185 Å². The molecule has 0 radical (unpaired) electrons. The highest BCUT2D eigenvalue weighted by Crippen LogP contribution is 2.20. The molecule has 2 amide bonds. The minimum Gasteiger partial charge on any atom is -0.496 e.